The molecule has 0 spiro atoms. The van der Waals surface area contributed by atoms with Crippen molar-refractivity contribution in [2.24, 2.45) is 11.8 Å². The molecule has 2 N–H and O–H groups in total. The second-order valence-corrected chi connectivity index (χ2v) is 6.00. The average molecular weight is 257 g/mol. The first-order chi connectivity index (χ1) is 8.65. The summed E-state index contributed by atoms with van der Waals surface area (Å²) < 4.78 is 0. The minimum atomic E-state index is 0.344. The van der Waals surface area contributed by atoms with Gasteiger partial charge in [0.2, 0.25) is 0 Å². The van der Waals surface area contributed by atoms with Crippen LogP contribution >= 0.6 is 0 Å². The Balaban J connectivity index is 0.000000494. The minimum absolute atomic E-state index is 0.344. The number of unbranched alkanes of at least 4 members (excludes halogenated alkanes) is 1. The van der Waals surface area contributed by atoms with E-state index in [2.05, 4.69) is 33.1 Å². The summed E-state index contributed by atoms with van der Waals surface area (Å²) in [6.45, 7) is 7.09. The third-order valence-corrected chi connectivity index (χ3v) is 3.82. The van der Waals surface area contributed by atoms with E-state index in [1.165, 1.54) is 38.5 Å². The van der Waals surface area contributed by atoms with Crippen molar-refractivity contribution in [1.29, 1.82) is 0 Å². The van der Waals surface area contributed by atoms with Gasteiger partial charge in [-0.2, -0.15) is 0 Å². The summed E-state index contributed by atoms with van der Waals surface area (Å²) in [5, 5.41) is 11.6. The van der Waals surface area contributed by atoms with Crippen molar-refractivity contribution in [2.45, 2.75) is 78.2 Å². The van der Waals surface area contributed by atoms with Crippen molar-refractivity contribution < 1.29 is 5.11 Å². The summed E-state index contributed by atoms with van der Waals surface area (Å²) >= 11 is 0. The quantitative estimate of drug-likeness (QED) is 0.730. The third kappa shape index (κ3) is 8.93. The topological polar surface area (TPSA) is 32.3 Å². The van der Waals surface area contributed by atoms with E-state index >= 15 is 0 Å². The van der Waals surface area contributed by atoms with Crippen LogP contribution in [0.3, 0.4) is 0 Å². The largest absolute Gasteiger partial charge is 0.396 e. The maximum absolute atomic E-state index is 8.07. The molecule has 0 saturated heterocycles. The van der Waals surface area contributed by atoms with Crippen molar-refractivity contribution in [3.63, 3.8) is 0 Å². The molecule has 1 aliphatic rings. The molecule has 1 saturated carbocycles. The van der Waals surface area contributed by atoms with Gasteiger partial charge in [-0.25, -0.2) is 0 Å². The first kappa shape index (κ1) is 17.9. The molecular weight excluding hydrogens is 222 g/mol. The molecule has 0 aromatic carbocycles. The lowest BCUT2D eigenvalue weighted by molar-refractivity contribution is 0.287. The van der Waals surface area contributed by atoms with E-state index in [-0.39, 0.29) is 0 Å². The van der Waals surface area contributed by atoms with Crippen LogP contribution in [0.1, 0.15) is 72.1 Å². The third-order valence-electron chi connectivity index (χ3n) is 3.82. The lowest BCUT2D eigenvalue weighted by Crippen LogP contribution is -2.33. The standard InChI is InChI=1S/C12H25N.C4H10O/c1-10(2)9-11-7-5-4-6-8-12(11)13-3;1-2-3-4-5/h10-13H,4-9H2,1-3H3;5H,2-4H2,1H3. The van der Waals surface area contributed by atoms with E-state index in [4.69, 9.17) is 5.11 Å². The number of hydrogen-bond donors (Lipinski definition) is 2. The summed E-state index contributed by atoms with van der Waals surface area (Å²) in [6.07, 6.45) is 10.6. The Labute approximate surface area is 115 Å². The fourth-order valence-corrected chi connectivity index (χ4v) is 2.81. The zero-order valence-electron chi connectivity index (χ0n) is 13.0. The van der Waals surface area contributed by atoms with E-state index < -0.39 is 0 Å². The predicted molar refractivity (Wildman–Crippen MR) is 80.9 cm³/mol. The van der Waals surface area contributed by atoms with Crippen LogP contribution in [0.2, 0.25) is 0 Å². The van der Waals surface area contributed by atoms with Gasteiger partial charge < -0.3 is 10.4 Å². The lowest BCUT2D eigenvalue weighted by atomic mass is 9.87. The van der Waals surface area contributed by atoms with Crippen LogP contribution in [0.15, 0.2) is 0 Å². The first-order valence-electron chi connectivity index (χ1n) is 7.93. The van der Waals surface area contributed by atoms with Crippen molar-refractivity contribution in [2.75, 3.05) is 13.7 Å². The van der Waals surface area contributed by atoms with Gasteiger partial charge in [0.25, 0.3) is 0 Å². The van der Waals surface area contributed by atoms with Gasteiger partial charge >= 0.3 is 0 Å². The van der Waals surface area contributed by atoms with Crippen LogP contribution in [0.25, 0.3) is 0 Å². The van der Waals surface area contributed by atoms with Crippen LogP contribution in [0.5, 0.6) is 0 Å². The van der Waals surface area contributed by atoms with Gasteiger partial charge in [-0.05, 0) is 44.6 Å². The molecule has 0 aromatic rings. The molecule has 1 fully saturated rings. The molecular formula is C16H35NO. The zero-order chi connectivity index (χ0) is 13.8. The molecule has 0 aromatic heterocycles. The zero-order valence-corrected chi connectivity index (χ0v) is 13.0. The molecule has 0 heterocycles. The summed E-state index contributed by atoms with van der Waals surface area (Å²) in [7, 11) is 2.13. The van der Waals surface area contributed by atoms with Crippen LogP contribution in [-0.2, 0) is 0 Å². The second kappa shape index (κ2) is 12.0. The molecule has 0 amide bonds. The maximum Gasteiger partial charge on any atom is 0.0430 e. The molecule has 0 radical (unpaired) electrons. The van der Waals surface area contributed by atoms with Gasteiger partial charge in [-0.1, -0.05) is 46.5 Å². The Kier molecular flexibility index (Phi) is 11.9. The van der Waals surface area contributed by atoms with Gasteiger partial charge in [-0.15, -0.1) is 0 Å². The Morgan fingerprint density at radius 3 is 2.28 bits per heavy atom. The summed E-state index contributed by atoms with van der Waals surface area (Å²) in [5.74, 6) is 1.80. The fourth-order valence-electron chi connectivity index (χ4n) is 2.81. The predicted octanol–water partition coefficient (Wildman–Crippen LogP) is 3.98. The summed E-state index contributed by atoms with van der Waals surface area (Å²) in [6, 6.07) is 0.796. The number of aliphatic hydroxyl groups excluding tert-OH is 1. The molecule has 18 heavy (non-hydrogen) atoms. The molecule has 2 heteroatoms. The first-order valence-corrected chi connectivity index (χ1v) is 7.93. The number of aliphatic hydroxyl groups is 1. The molecule has 2 unspecified atom stereocenters. The van der Waals surface area contributed by atoms with Crippen LogP contribution in [-0.4, -0.2) is 24.8 Å². The van der Waals surface area contributed by atoms with Gasteiger partial charge in [0.15, 0.2) is 0 Å². The highest BCUT2D eigenvalue weighted by Crippen LogP contribution is 2.28. The summed E-state index contributed by atoms with van der Waals surface area (Å²) in [5.41, 5.74) is 0. The molecule has 1 rings (SSSR count). The van der Waals surface area contributed by atoms with Crippen molar-refractivity contribution in [1.82, 2.24) is 5.32 Å². The number of hydrogen-bond acceptors (Lipinski definition) is 2. The second-order valence-electron chi connectivity index (χ2n) is 6.00. The fraction of sp³-hybridized carbons (Fsp3) is 1.00. The molecule has 2 nitrogen and oxygen atoms in total. The molecule has 2 atom stereocenters. The summed E-state index contributed by atoms with van der Waals surface area (Å²) in [4.78, 5) is 0. The molecule has 0 bridgehead atoms. The van der Waals surface area contributed by atoms with E-state index in [0.717, 1.165) is 30.7 Å². The monoisotopic (exact) mass is 257 g/mol. The SMILES string of the molecule is CCCCO.CNC1CCCCCC1CC(C)C. The Hall–Kier alpha value is -0.0800. The van der Waals surface area contributed by atoms with Crippen LogP contribution in [0.4, 0.5) is 0 Å². The average Bonchev–Trinajstić information content (AvgIpc) is 2.55. The van der Waals surface area contributed by atoms with Crippen molar-refractivity contribution >= 4 is 0 Å². The lowest BCUT2D eigenvalue weighted by Gasteiger charge is -2.26. The molecule has 1 aliphatic carbocycles. The van der Waals surface area contributed by atoms with Crippen molar-refractivity contribution in [3.05, 3.63) is 0 Å². The molecule has 110 valence electrons. The maximum atomic E-state index is 8.07. The van der Waals surface area contributed by atoms with Gasteiger partial charge in [0.1, 0.15) is 0 Å². The Morgan fingerprint density at radius 2 is 1.83 bits per heavy atom. The van der Waals surface area contributed by atoms with Crippen molar-refractivity contribution in [3.8, 4) is 0 Å². The van der Waals surface area contributed by atoms with E-state index in [0.29, 0.717) is 6.61 Å². The Morgan fingerprint density at radius 1 is 1.17 bits per heavy atom. The minimum Gasteiger partial charge on any atom is -0.396 e. The van der Waals surface area contributed by atoms with Crippen LogP contribution in [0, 0.1) is 11.8 Å². The molecule has 0 aliphatic heterocycles. The van der Waals surface area contributed by atoms with Gasteiger partial charge in [0.05, 0.1) is 0 Å². The number of nitrogens with one attached hydrogen (secondary N) is 1. The highest BCUT2D eigenvalue weighted by Gasteiger charge is 2.22. The van der Waals surface area contributed by atoms with E-state index in [1.807, 2.05) is 0 Å². The van der Waals surface area contributed by atoms with Gasteiger partial charge in [0, 0.05) is 12.6 Å². The highest BCUT2D eigenvalue weighted by atomic mass is 16.2. The van der Waals surface area contributed by atoms with Crippen LogP contribution < -0.4 is 5.32 Å². The highest BCUT2D eigenvalue weighted by molar-refractivity contribution is 4.78. The number of rotatable bonds is 5. The van der Waals surface area contributed by atoms with Gasteiger partial charge in [-0.3, -0.25) is 0 Å². The Bertz CT molecular complexity index is 168. The smallest absolute Gasteiger partial charge is 0.0430 e. The normalized spacial score (nSPS) is 24.3. The van der Waals surface area contributed by atoms with E-state index in [1.54, 1.807) is 0 Å². The van der Waals surface area contributed by atoms with E-state index in [9.17, 15) is 0 Å².